The lowest BCUT2D eigenvalue weighted by Gasteiger charge is -2.09. The number of hydrogen-bond acceptors (Lipinski definition) is 2. The molecular weight excluding hydrogens is 305 g/mol. The summed E-state index contributed by atoms with van der Waals surface area (Å²) < 4.78 is 13.2. The number of primary amides is 1. The molecule has 0 saturated carbocycles. The van der Waals surface area contributed by atoms with E-state index in [2.05, 4.69) is 10.3 Å². The van der Waals surface area contributed by atoms with Crippen LogP contribution < -0.4 is 11.1 Å². The van der Waals surface area contributed by atoms with Crippen LogP contribution in [-0.2, 0) is 0 Å². The third-order valence-corrected chi connectivity index (χ3v) is 3.64. The minimum absolute atomic E-state index is 0.0424. The third kappa shape index (κ3) is 2.63. The maximum Gasteiger partial charge on any atom is 0.265 e. The zero-order valence-electron chi connectivity index (χ0n) is 11.7. The van der Waals surface area contributed by atoms with Crippen LogP contribution in [0.3, 0.4) is 0 Å². The minimum Gasteiger partial charge on any atom is -0.364 e. The van der Waals surface area contributed by atoms with Crippen molar-refractivity contribution in [3.8, 4) is 0 Å². The van der Waals surface area contributed by atoms with Crippen molar-refractivity contribution in [2.24, 2.45) is 5.73 Å². The number of benzene rings is 2. The molecule has 0 aliphatic rings. The van der Waals surface area contributed by atoms with Crippen LogP contribution in [0.5, 0.6) is 0 Å². The van der Waals surface area contributed by atoms with Crippen molar-refractivity contribution in [2.75, 3.05) is 5.32 Å². The summed E-state index contributed by atoms with van der Waals surface area (Å²) >= 11 is 5.79. The van der Waals surface area contributed by atoms with Gasteiger partial charge in [-0.2, -0.15) is 0 Å². The first-order chi connectivity index (χ1) is 10.4. The second kappa shape index (κ2) is 5.35. The highest BCUT2D eigenvalue weighted by atomic mass is 35.5. The molecule has 1 amide bonds. The molecule has 3 rings (SSSR count). The van der Waals surface area contributed by atoms with Gasteiger partial charge in [-0.1, -0.05) is 11.6 Å². The van der Waals surface area contributed by atoms with Crippen LogP contribution in [0.25, 0.3) is 10.9 Å². The Kier molecular flexibility index (Phi) is 3.50. The number of halogens is 2. The monoisotopic (exact) mass is 317 g/mol. The molecule has 0 unspecified atom stereocenters. The molecule has 0 bridgehead atoms. The fourth-order valence-electron chi connectivity index (χ4n) is 2.35. The van der Waals surface area contributed by atoms with Crippen molar-refractivity contribution in [1.82, 2.24) is 4.98 Å². The van der Waals surface area contributed by atoms with Crippen LogP contribution in [0.2, 0.25) is 5.02 Å². The summed E-state index contributed by atoms with van der Waals surface area (Å²) in [5.41, 5.74) is 8.87. The lowest BCUT2D eigenvalue weighted by Crippen LogP contribution is -2.10. The van der Waals surface area contributed by atoms with E-state index in [4.69, 9.17) is 17.3 Å². The molecule has 112 valence electrons. The first kappa shape index (κ1) is 14.4. The normalized spacial score (nSPS) is 10.9. The molecule has 0 atom stereocenters. The summed E-state index contributed by atoms with van der Waals surface area (Å²) in [6.45, 7) is 1.94. The van der Waals surface area contributed by atoms with Crippen molar-refractivity contribution < 1.29 is 9.18 Å². The molecule has 1 aromatic heterocycles. The van der Waals surface area contributed by atoms with E-state index in [9.17, 15) is 9.18 Å². The van der Waals surface area contributed by atoms with Crippen molar-refractivity contribution in [2.45, 2.75) is 6.92 Å². The molecule has 6 heteroatoms. The maximum absolute atomic E-state index is 13.2. The SMILES string of the molecule is Cc1cc(Nc2ccc(F)c(Cl)c2)c2cc(C(N)=O)[nH]c2c1. The number of aryl methyl sites for hydroxylation is 1. The van der Waals surface area contributed by atoms with Crippen LogP contribution in [0.15, 0.2) is 36.4 Å². The van der Waals surface area contributed by atoms with Crippen LogP contribution in [0.1, 0.15) is 16.1 Å². The number of hydrogen-bond donors (Lipinski definition) is 3. The number of H-pyrrole nitrogens is 1. The summed E-state index contributed by atoms with van der Waals surface area (Å²) in [7, 11) is 0. The lowest BCUT2D eigenvalue weighted by atomic mass is 10.1. The summed E-state index contributed by atoms with van der Waals surface area (Å²) in [4.78, 5) is 14.3. The Morgan fingerprint density at radius 2 is 2.05 bits per heavy atom. The molecule has 4 nitrogen and oxygen atoms in total. The summed E-state index contributed by atoms with van der Waals surface area (Å²) in [5.74, 6) is -0.996. The predicted molar refractivity (Wildman–Crippen MR) is 86.2 cm³/mol. The number of amides is 1. The molecule has 3 aromatic rings. The predicted octanol–water partition coefficient (Wildman–Crippen LogP) is 4.11. The van der Waals surface area contributed by atoms with Crippen LogP contribution in [0, 0.1) is 12.7 Å². The second-order valence-corrected chi connectivity index (χ2v) is 5.48. The Morgan fingerprint density at radius 1 is 1.27 bits per heavy atom. The lowest BCUT2D eigenvalue weighted by molar-refractivity contribution is 0.0996. The van der Waals surface area contributed by atoms with Gasteiger partial charge in [0.25, 0.3) is 5.91 Å². The largest absolute Gasteiger partial charge is 0.364 e. The summed E-state index contributed by atoms with van der Waals surface area (Å²) in [5, 5.41) is 4.05. The highest BCUT2D eigenvalue weighted by molar-refractivity contribution is 6.31. The van der Waals surface area contributed by atoms with Crippen molar-refractivity contribution in [3.63, 3.8) is 0 Å². The number of anilines is 2. The van der Waals surface area contributed by atoms with Gasteiger partial charge in [0, 0.05) is 22.3 Å². The second-order valence-electron chi connectivity index (χ2n) is 5.07. The number of rotatable bonds is 3. The minimum atomic E-state index is -0.523. The third-order valence-electron chi connectivity index (χ3n) is 3.35. The fourth-order valence-corrected chi connectivity index (χ4v) is 2.53. The zero-order valence-corrected chi connectivity index (χ0v) is 12.5. The van der Waals surface area contributed by atoms with E-state index in [1.807, 2.05) is 19.1 Å². The van der Waals surface area contributed by atoms with Crippen LogP contribution >= 0.6 is 11.6 Å². The van der Waals surface area contributed by atoms with Gasteiger partial charge in [0.2, 0.25) is 0 Å². The Morgan fingerprint density at radius 3 is 2.73 bits per heavy atom. The molecule has 0 saturated heterocycles. The average molecular weight is 318 g/mol. The number of carbonyl (C=O) groups is 1. The molecular formula is C16H13ClFN3O. The maximum atomic E-state index is 13.2. The number of nitrogens with one attached hydrogen (secondary N) is 2. The number of aromatic nitrogens is 1. The summed E-state index contributed by atoms with van der Waals surface area (Å²) in [6, 6.07) is 9.93. The molecule has 2 aromatic carbocycles. The van der Waals surface area contributed by atoms with E-state index in [1.54, 1.807) is 12.1 Å². The highest BCUT2D eigenvalue weighted by Crippen LogP contribution is 2.30. The molecule has 0 fully saturated rings. The van der Waals surface area contributed by atoms with Gasteiger partial charge in [-0.15, -0.1) is 0 Å². The molecule has 22 heavy (non-hydrogen) atoms. The van der Waals surface area contributed by atoms with E-state index < -0.39 is 11.7 Å². The number of carbonyl (C=O) groups excluding carboxylic acids is 1. The Bertz CT molecular complexity index is 888. The van der Waals surface area contributed by atoms with Gasteiger partial charge >= 0.3 is 0 Å². The van der Waals surface area contributed by atoms with Gasteiger partial charge < -0.3 is 16.0 Å². The number of nitrogens with two attached hydrogens (primary N) is 1. The molecule has 0 aliphatic heterocycles. The van der Waals surface area contributed by atoms with Gasteiger partial charge in [0.15, 0.2) is 0 Å². The van der Waals surface area contributed by atoms with Crippen molar-refractivity contribution >= 4 is 39.8 Å². The van der Waals surface area contributed by atoms with Gasteiger partial charge in [-0.25, -0.2) is 4.39 Å². The summed E-state index contributed by atoms with van der Waals surface area (Å²) in [6.07, 6.45) is 0. The molecule has 0 aliphatic carbocycles. The average Bonchev–Trinajstić information content (AvgIpc) is 2.87. The van der Waals surface area contributed by atoms with Gasteiger partial charge in [-0.3, -0.25) is 4.79 Å². The number of aromatic amines is 1. The van der Waals surface area contributed by atoms with E-state index in [0.717, 1.165) is 22.2 Å². The molecule has 1 heterocycles. The highest BCUT2D eigenvalue weighted by Gasteiger charge is 2.11. The standard InChI is InChI=1S/C16H13ClFN3O/c1-8-4-13(20-9-2-3-12(18)11(17)6-9)10-7-15(16(19)22)21-14(10)5-8/h2-7,20-21H,1H3,(H2,19,22). The van der Waals surface area contributed by atoms with E-state index in [1.165, 1.54) is 12.1 Å². The fraction of sp³-hybridized carbons (Fsp3) is 0.0625. The topological polar surface area (TPSA) is 70.9 Å². The van der Waals surface area contributed by atoms with Crippen LogP contribution in [0.4, 0.5) is 15.8 Å². The van der Waals surface area contributed by atoms with E-state index in [-0.39, 0.29) is 5.02 Å². The molecule has 4 N–H and O–H groups in total. The van der Waals surface area contributed by atoms with Crippen molar-refractivity contribution in [3.05, 3.63) is 58.5 Å². The first-order valence-electron chi connectivity index (χ1n) is 6.59. The zero-order chi connectivity index (χ0) is 15.9. The molecule has 0 radical (unpaired) electrons. The van der Waals surface area contributed by atoms with E-state index >= 15 is 0 Å². The van der Waals surface area contributed by atoms with Gasteiger partial charge in [0.05, 0.1) is 5.02 Å². The smallest absolute Gasteiger partial charge is 0.265 e. The Hall–Kier alpha value is -2.53. The van der Waals surface area contributed by atoms with Crippen molar-refractivity contribution in [1.29, 1.82) is 0 Å². The van der Waals surface area contributed by atoms with Crippen LogP contribution in [-0.4, -0.2) is 10.9 Å². The quantitative estimate of drug-likeness (QED) is 0.680. The Labute approximate surface area is 131 Å². The van der Waals surface area contributed by atoms with Gasteiger partial charge in [-0.05, 0) is 48.9 Å². The first-order valence-corrected chi connectivity index (χ1v) is 6.97. The Balaban J connectivity index is 2.08. The molecule has 0 spiro atoms. The number of fused-ring (bicyclic) bond motifs is 1. The van der Waals surface area contributed by atoms with E-state index in [0.29, 0.717) is 11.4 Å². The van der Waals surface area contributed by atoms with Gasteiger partial charge in [0.1, 0.15) is 11.5 Å².